The Kier molecular flexibility index (Phi) is 4.64. The first kappa shape index (κ1) is 14.1. The van der Waals surface area contributed by atoms with E-state index in [4.69, 9.17) is 0 Å². The average molecular weight is 267 g/mol. The Morgan fingerprint density at radius 2 is 2.16 bits per heavy atom. The van der Waals surface area contributed by atoms with E-state index in [1.165, 1.54) is 12.5 Å². The third kappa shape index (κ3) is 3.60. The van der Waals surface area contributed by atoms with E-state index >= 15 is 0 Å². The molecule has 0 aliphatic carbocycles. The van der Waals surface area contributed by atoms with Gasteiger partial charge >= 0.3 is 0 Å². The summed E-state index contributed by atoms with van der Waals surface area (Å²) in [6.45, 7) is 4.31. The van der Waals surface area contributed by atoms with E-state index < -0.39 is 11.6 Å². The van der Waals surface area contributed by atoms with Gasteiger partial charge in [-0.05, 0) is 43.5 Å². The van der Waals surface area contributed by atoms with E-state index in [-0.39, 0.29) is 11.3 Å². The summed E-state index contributed by atoms with van der Waals surface area (Å²) >= 11 is 0. The molecular formula is C15H19F2NO. The zero-order chi connectivity index (χ0) is 13.8. The van der Waals surface area contributed by atoms with Crippen molar-refractivity contribution >= 4 is 5.78 Å². The fraction of sp³-hybridized carbons (Fsp3) is 0.533. The molecule has 0 N–H and O–H groups in total. The molecule has 0 amide bonds. The molecule has 1 aliphatic heterocycles. The highest BCUT2D eigenvalue weighted by atomic mass is 19.2. The van der Waals surface area contributed by atoms with Crippen LogP contribution >= 0.6 is 0 Å². The SMILES string of the molecule is CCCC1CCN(CC(=O)c2ccc(F)c(F)c2)C1. The van der Waals surface area contributed by atoms with Gasteiger partial charge in [0.2, 0.25) is 0 Å². The second kappa shape index (κ2) is 6.24. The quantitative estimate of drug-likeness (QED) is 0.763. The van der Waals surface area contributed by atoms with Crippen molar-refractivity contribution in [2.75, 3.05) is 19.6 Å². The molecule has 0 saturated carbocycles. The van der Waals surface area contributed by atoms with E-state index in [1.54, 1.807) is 0 Å². The molecule has 1 heterocycles. The molecule has 0 spiro atoms. The lowest BCUT2D eigenvalue weighted by Gasteiger charge is -2.15. The molecule has 4 heteroatoms. The minimum atomic E-state index is -0.962. The fourth-order valence-electron chi connectivity index (χ4n) is 2.66. The van der Waals surface area contributed by atoms with Gasteiger partial charge in [-0.15, -0.1) is 0 Å². The number of Topliss-reactive ketones (excluding diaryl/α,β-unsaturated/α-hetero) is 1. The van der Waals surface area contributed by atoms with Crippen LogP contribution in [0.15, 0.2) is 18.2 Å². The van der Waals surface area contributed by atoms with Gasteiger partial charge in [0.1, 0.15) is 0 Å². The molecule has 0 radical (unpaired) electrons. The number of rotatable bonds is 5. The van der Waals surface area contributed by atoms with Gasteiger partial charge < -0.3 is 0 Å². The highest BCUT2D eigenvalue weighted by Crippen LogP contribution is 2.21. The van der Waals surface area contributed by atoms with Crippen LogP contribution in [0.1, 0.15) is 36.5 Å². The predicted molar refractivity (Wildman–Crippen MR) is 70.1 cm³/mol. The van der Waals surface area contributed by atoms with Crippen molar-refractivity contribution in [3.63, 3.8) is 0 Å². The molecule has 1 unspecified atom stereocenters. The maximum Gasteiger partial charge on any atom is 0.176 e. The number of ketones is 1. The summed E-state index contributed by atoms with van der Waals surface area (Å²) in [5.74, 6) is -1.35. The summed E-state index contributed by atoms with van der Waals surface area (Å²) in [6.07, 6.45) is 3.48. The molecule has 1 atom stereocenters. The zero-order valence-electron chi connectivity index (χ0n) is 11.2. The third-order valence-electron chi connectivity index (χ3n) is 3.68. The maximum absolute atomic E-state index is 13.1. The Morgan fingerprint density at radius 1 is 1.37 bits per heavy atom. The lowest BCUT2D eigenvalue weighted by Crippen LogP contribution is -2.28. The maximum atomic E-state index is 13.1. The summed E-state index contributed by atoms with van der Waals surface area (Å²) in [5.41, 5.74) is 0.248. The first-order valence-electron chi connectivity index (χ1n) is 6.80. The Hall–Kier alpha value is -1.29. The number of hydrogen-bond donors (Lipinski definition) is 0. The first-order chi connectivity index (χ1) is 9.10. The predicted octanol–water partition coefficient (Wildman–Crippen LogP) is 3.27. The zero-order valence-corrected chi connectivity index (χ0v) is 11.2. The van der Waals surface area contributed by atoms with E-state index in [0.29, 0.717) is 12.5 Å². The van der Waals surface area contributed by atoms with Crippen LogP contribution < -0.4 is 0 Å². The average Bonchev–Trinajstić information content (AvgIpc) is 2.80. The number of nitrogens with zero attached hydrogens (tertiary/aromatic N) is 1. The summed E-state index contributed by atoms with van der Waals surface area (Å²) in [7, 11) is 0. The molecule has 2 nitrogen and oxygen atoms in total. The summed E-state index contributed by atoms with van der Waals surface area (Å²) in [4.78, 5) is 14.1. The van der Waals surface area contributed by atoms with Crippen LogP contribution in [-0.2, 0) is 0 Å². The Balaban J connectivity index is 1.92. The van der Waals surface area contributed by atoms with Gasteiger partial charge in [0.25, 0.3) is 0 Å². The van der Waals surface area contributed by atoms with Crippen molar-refractivity contribution in [2.45, 2.75) is 26.2 Å². The third-order valence-corrected chi connectivity index (χ3v) is 3.68. The van der Waals surface area contributed by atoms with Crippen molar-refractivity contribution in [3.05, 3.63) is 35.4 Å². The lowest BCUT2D eigenvalue weighted by molar-refractivity contribution is 0.0942. The molecule has 1 aliphatic rings. The molecule has 1 aromatic rings. The highest BCUT2D eigenvalue weighted by Gasteiger charge is 2.23. The van der Waals surface area contributed by atoms with Crippen molar-refractivity contribution in [1.29, 1.82) is 0 Å². The Bertz CT molecular complexity index is 461. The number of likely N-dealkylation sites (tertiary alicyclic amines) is 1. The van der Waals surface area contributed by atoms with E-state index in [9.17, 15) is 13.6 Å². The summed E-state index contributed by atoms with van der Waals surface area (Å²) in [5, 5.41) is 0. The van der Waals surface area contributed by atoms with Gasteiger partial charge in [-0.1, -0.05) is 13.3 Å². The smallest absolute Gasteiger partial charge is 0.176 e. The van der Waals surface area contributed by atoms with Crippen LogP contribution in [0.2, 0.25) is 0 Å². The molecule has 104 valence electrons. The van der Waals surface area contributed by atoms with E-state index in [2.05, 4.69) is 11.8 Å². The lowest BCUT2D eigenvalue weighted by atomic mass is 10.0. The Labute approximate surface area is 112 Å². The number of benzene rings is 1. The van der Waals surface area contributed by atoms with E-state index in [1.807, 2.05) is 0 Å². The fourth-order valence-corrected chi connectivity index (χ4v) is 2.66. The number of halogens is 2. The molecule has 1 fully saturated rings. The highest BCUT2D eigenvalue weighted by molar-refractivity contribution is 5.97. The summed E-state index contributed by atoms with van der Waals surface area (Å²) in [6, 6.07) is 3.34. The molecular weight excluding hydrogens is 248 g/mol. The molecule has 1 saturated heterocycles. The Morgan fingerprint density at radius 3 is 2.84 bits per heavy atom. The minimum Gasteiger partial charge on any atom is -0.296 e. The van der Waals surface area contributed by atoms with Crippen molar-refractivity contribution in [3.8, 4) is 0 Å². The molecule has 0 aromatic heterocycles. The second-order valence-electron chi connectivity index (χ2n) is 5.23. The van der Waals surface area contributed by atoms with Crippen LogP contribution in [0.4, 0.5) is 8.78 Å². The normalized spacial score (nSPS) is 19.8. The van der Waals surface area contributed by atoms with Crippen LogP contribution in [0, 0.1) is 17.6 Å². The van der Waals surface area contributed by atoms with Crippen molar-refractivity contribution in [1.82, 2.24) is 4.90 Å². The van der Waals surface area contributed by atoms with Gasteiger partial charge in [-0.2, -0.15) is 0 Å². The van der Waals surface area contributed by atoms with Crippen LogP contribution in [-0.4, -0.2) is 30.3 Å². The van der Waals surface area contributed by atoms with Gasteiger partial charge in [0, 0.05) is 12.1 Å². The summed E-state index contributed by atoms with van der Waals surface area (Å²) < 4.78 is 25.9. The van der Waals surface area contributed by atoms with Gasteiger partial charge in [-0.25, -0.2) is 8.78 Å². The standard InChI is InChI=1S/C15H19F2NO/c1-2-3-11-6-7-18(9-11)10-15(19)12-4-5-13(16)14(17)8-12/h4-5,8,11H,2-3,6-7,9-10H2,1H3. The monoisotopic (exact) mass is 267 g/mol. The minimum absolute atomic E-state index is 0.143. The van der Waals surface area contributed by atoms with Crippen LogP contribution in [0.25, 0.3) is 0 Å². The molecule has 19 heavy (non-hydrogen) atoms. The van der Waals surface area contributed by atoms with Gasteiger partial charge in [-0.3, -0.25) is 9.69 Å². The second-order valence-corrected chi connectivity index (χ2v) is 5.23. The van der Waals surface area contributed by atoms with Crippen LogP contribution in [0.5, 0.6) is 0 Å². The van der Waals surface area contributed by atoms with Gasteiger partial charge in [0.15, 0.2) is 17.4 Å². The number of carbonyl (C=O) groups excluding carboxylic acids is 1. The number of carbonyl (C=O) groups is 1. The van der Waals surface area contributed by atoms with Crippen molar-refractivity contribution in [2.24, 2.45) is 5.92 Å². The topological polar surface area (TPSA) is 20.3 Å². The number of hydrogen-bond acceptors (Lipinski definition) is 2. The molecule has 2 rings (SSSR count). The molecule has 1 aromatic carbocycles. The largest absolute Gasteiger partial charge is 0.296 e. The van der Waals surface area contributed by atoms with E-state index in [0.717, 1.165) is 38.1 Å². The van der Waals surface area contributed by atoms with Crippen LogP contribution in [0.3, 0.4) is 0 Å². The van der Waals surface area contributed by atoms with Crippen molar-refractivity contribution < 1.29 is 13.6 Å². The first-order valence-corrected chi connectivity index (χ1v) is 6.80. The van der Waals surface area contributed by atoms with Gasteiger partial charge in [0.05, 0.1) is 6.54 Å². The molecule has 0 bridgehead atoms.